The van der Waals surface area contributed by atoms with Crippen LogP contribution >= 0.6 is 0 Å². The molecule has 1 heterocycles. The largest absolute Gasteiger partial charge is 0.354 e. The highest BCUT2D eigenvalue weighted by molar-refractivity contribution is 6.04. The number of rotatable bonds is 10. The van der Waals surface area contributed by atoms with Gasteiger partial charge in [-0.3, -0.25) is 14.4 Å². The standard InChI is InChI=1S/C26H33N3O3/c1-4-7-17-27-24(30)23-21-10-8-9-11-22(21)26(32)29(23)18-16-19-12-14-20(15-13-19)25(31)28(5-2)6-3/h8-15,23H,4-7,16-18H2,1-3H3,(H,27,30). The molecule has 1 aliphatic rings. The molecule has 3 amide bonds. The molecule has 1 unspecified atom stereocenters. The molecule has 0 fully saturated rings. The van der Waals surface area contributed by atoms with Crippen LogP contribution in [0.15, 0.2) is 48.5 Å². The molecular weight excluding hydrogens is 402 g/mol. The molecule has 170 valence electrons. The summed E-state index contributed by atoms with van der Waals surface area (Å²) in [7, 11) is 0. The first-order valence-electron chi connectivity index (χ1n) is 11.6. The number of hydrogen-bond acceptors (Lipinski definition) is 3. The number of carbonyl (C=O) groups excluding carboxylic acids is 3. The molecule has 6 nitrogen and oxygen atoms in total. The van der Waals surface area contributed by atoms with Crippen LogP contribution in [0.2, 0.25) is 0 Å². The van der Waals surface area contributed by atoms with E-state index < -0.39 is 6.04 Å². The fourth-order valence-electron chi connectivity index (χ4n) is 4.13. The van der Waals surface area contributed by atoms with Gasteiger partial charge in [-0.15, -0.1) is 0 Å². The van der Waals surface area contributed by atoms with Crippen LogP contribution in [0, 0.1) is 0 Å². The average Bonchev–Trinajstić information content (AvgIpc) is 3.10. The molecule has 32 heavy (non-hydrogen) atoms. The van der Waals surface area contributed by atoms with E-state index in [4.69, 9.17) is 0 Å². The third-order valence-electron chi connectivity index (χ3n) is 6.03. The summed E-state index contributed by atoms with van der Waals surface area (Å²) in [4.78, 5) is 42.0. The molecule has 0 bridgehead atoms. The Morgan fingerprint density at radius 3 is 2.34 bits per heavy atom. The van der Waals surface area contributed by atoms with Crippen molar-refractivity contribution in [2.24, 2.45) is 0 Å². The SMILES string of the molecule is CCCCNC(=O)C1c2ccccc2C(=O)N1CCc1ccc(C(=O)N(CC)CC)cc1. The van der Waals surface area contributed by atoms with Crippen molar-refractivity contribution in [1.82, 2.24) is 15.1 Å². The number of unbranched alkanes of at least 4 members (excludes halogenated alkanes) is 1. The summed E-state index contributed by atoms with van der Waals surface area (Å²) >= 11 is 0. The van der Waals surface area contributed by atoms with Crippen molar-refractivity contribution in [2.75, 3.05) is 26.2 Å². The van der Waals surface area contributed by atoms with E-state index in [-0.39, 0.29) is 17.7 Å². The van der Waals surface area contributed by atoms with Gasteiger partial charge in [0.2, 0.25) is 5.91 Å². The van der Waals surface area contributed by atoms with Gasteiger partial charge in [-0.05, 0) is 56.0 Å². The molecule has 0 radical (unpaired) electrons. The van der Waals surface area contributed by atoms with Gasteiger partial charge in [0, 0.05) is 37.3 Å². The Hall–Kier alpha value is -3.15. The second-order valence-corrected chi connectivity index (χ2v) is 8.06. The molecule has 6 heteroatoms. The minimum Gasteiger partial charge on any atom is -0.354 e. The van der Waals surface area contributed by atoms with Crippen LogP contribution in [0.5, 0.6) is 0 Å². The summed E-state index contributed by atoms with van der Waals surface area (Å²) in [5.41, 5.74) is 3.06. The van der Waals surface area contributed by atoms with Gasteiger partial charge in [-0.25, -0.2) is 0 Å². The third-order valence-corrected chi connectivity index (χ3v) is 6.03. The van der Waals surface area contributed by atoms with Crippen LogP contribution in [-0.2, 0) is 11.2 Å². The summed E-state index contributed by atoms with van der Waals surface area (Å²) in [6, 6.07) is 14.3. The fourth-order valence-corrected chi connectivity index (χ4v) is 4.13. The number of nitrogens with zero attached hydrogens (tertiary/aromatic N) is 2. The van der Waals surface area contributed by atoms with Crippen LogP contribution in [0.4, 0.5) is 0 Å². The van der Waals surface area contributed by atoms with Crippen LogP contribution in [0.1, 0.15) is 71.5 Å². The molecule has 1 N–H and O–H groups in total. The summed E-state index contributed by atoms with van der Waals surface area (Å²) in [6.07, 6.45) is 2.52. The zero-order chi connectivity index (χ0) is 23.1. The number of amides is 3. The van der Waals surface area contributed by atoms with Crippen LogP contribution < -0.4 is 5.32 Å². The lowest BCUT2D eigenvalue weighted by Crippen LogP contribution is -2.40. The molecule has 0 aliphatic carbocycles. The Kier molecular flexibility index (Phi) is 8.03. The Labute approximate surface area is 190 Å². The van der Waals surface area contributed by atoms with Gasteiger partial charge in [-0.1, -0.05) is 43.7 Å². The third kappa shape index (κ3) is 5.01. The van der Waals surface area contributed by atoms with E-state index in [9.17, 15) is 14.4 Å². The Morgan fingerprint density at radius 1 is 1.00 bits per heavy atom. The smallest absolute Gasteiger partial charge is 0.255 e. The summed E-state index contributed by atoms with van der Waals surface area (Å²) in [6.45, 7) is 8.41. The highest BCUT2D eigenvalue weighted by atomic mass is 16.2. The molecule has 0 aromatic heterocycles. The van der Waals surface area contributed by atoms with Crippen molar-refractivity contribution in [2.45, 2.75) is 46.1 Å². The lowest BCUT2D eigenvalue weighted by molar-refractivity contribution is -0.125. The number of carbonyl (C=O) groups is 3. The van der Waals surface area contributed by atoms with Crippen molar-refractivity contribution in [3.05, 3.63) is 70.8 Å². The molecule has 0 saturated heterocycles. The number of nitrogens with one attached hydrogen (secondary N) is 1. The molecule has 1 aliphatic heterocycles. The van der Waals surface area contributed by atoms with Gasteiger partial charge in [0.05, 0.1) is 0 Å². The highest BCUT2D eigenvalue weighted by Crippen LogP contribution is 2.33. The fraction of sp³-hybridized carbons (Fsp3) is 0.423. The molecule has 2 aromatic carbocycles. The maximum Gasteiger partial charge on any atom is 0.255 e. The molecule has 1 atom stereocenters. The lowest BCUT2D eigenvalue weighted by atomic mass is 10.0. The van der Waals surface area contributed by atoms with E-state index in [2.05, 4.69) is 12.2 Å². The van der Waals surface area contributed by atoms with E-state index >= 15 is 0 Å². The van der Waals surface area contributed by atoms with E-state index in [1.165, 1.54) is 0 Å². The first kappa shape index (κ1) is 23.5. The number of hydrogen-bond donors (Lipinski definition) is 1. The van der Waals surface area contributed by atoms with Crippen LogP contribution in [0.25, 0.3) is 0 Å². The lowest BCUT2D eigenvalue weighted by Gasteiger charge is -2.25. The first-order chi connectivity index (χ1) is 15.5. The van der Waals surface area contributed by atoms with Gasteiger partial charge < -0.3 is 15.1 Å². The summed E-state index contributed by atoms with van der Waals surface area (Å²) in [5, 5.41) is 2.98. The van der Waals surface area contributed by atoms with Crippen molar-refractivity contribution in [3.63, 3.8) is 0 Å². The van der Waals surface area contributed by atoms with Gasteiger partial charge in [-0.2, -0.15) is 0 Å². The first-order valence-corrected chi connectivity index (χ1v) is 11.6. The minimum atomic E-state index is -0.598. The summed E-state index contributed by atoms with van der Waals surface area (Å²) in [5.74, 6) is -0.211. The van der Waals surface area contributed by atoms with Crippen molar-refractivity contribution >= 4 is 17.7 Å². The number of fused-ring (bicyclic) bond motifs is 1. The van der Waals surface area contributed by atoms with E-state index in [0.29, 0.717) is 43.7 Å². The van der Waals surface area contributed by atoms with Crippen molar-refractivity contribution in [3.8, 4) is 0 Å². The van der Waals surface area contributed by atoms with E-state index in [0.717, 1.165) is 24.0 Å². The van der Waals surface area contributed by atoms with E-state index in [1.807, 2.05) is 56.3 Å². The number of benzene rings is 2. The molecule has 3 rings (SSSR count). The predicted molar refractivity (Wildman–Crippen MR) is 126 cm³/mol. The zero-order valence-corrected chi connectivity index (χ0v) is 19.3. The van der Waals surface area contributed by atoms with Gasteiger partial charge >= 0.3 is 0 Å². The van der Waals surface area contributed by atoms with Crippen LogP contribution in [-0.4, -0.2) is 53.7 Å². The van der Waals surface area contributed by atoms with Gasteiger partial charge in [0.15, 0.2) is 0 Å². The highest BCUT2D eigenvalue weighted by Gasteiger charge is 2.40. The van der Waals surface area contributed by atoms with Crippen molar-refractivity contribution < 1.29 is 14.4 Å². The Bertz CT molecular complexity index is 951. The Balaban J connectivity index is 1.72. The van der Waals surface area contributed by atoms with Gasteiger partial charge in [0.25, 0.3) is 11.8 Å². The predicted octanol–water partition coefficient (Wildman–Crippen LogP) is 3.82. The second-order valence-electron chi connectivity index (χ2n) is 8.06. The quantitative estimate of drug-likeness (QED) is 0.577. The Morgan fingerprint density at radius 2 is 1.69 bits per heavy atom. The normalized spacial score (nSPS) is 14.9. The molecular formula is C26H33N3O3. The van der Waals surface area contributed by atoms with Crippen LogP contribution in [0.3, 0.4) is 0 Å². The minimum absolute atomic E-state index is 0.0236. The monoisotopic (exact) mass is 435 g/mol. The van der Waals surface area contributed by atoms with E-state index in [1.54, 1.807) is 15.9 Å². The summed E-state index contributed by atoms with van der Waals surface area (Å²) < 4.78 is 0. The topological polar surface area (TPSA) is 69.7 Å². The second kappa shape index (κ2) is 10.9. The zero-order valence-electron chi connectivity index (χ0n) is 19.3. The molecule has 0 spiro atoms. The van der Waals surface area contributed by atoms with Gasteiger partial charge in [0.1, 0.15) is 6.04 Å². The molecule has 2 aromatic rings. The van der Waals surface area contributed by atoms with Crippen molar-refractivity contribution in [1.29, 1.82) is 0 Å². The maximum atomic E-state index is 13.0. The molecule has 0 saturated carbocycles. The maximum absolute atomic E-state index is 13.0. The average molecular weight is 436 g/mol.